The van der Waals surface area contributed by atoms with Crippen molar-refractivity contribution in [2.45, 2.75) is 19.4 Å². The summed E-state index contributed by atoms with van der Waals surface area (Å²) in [6, 6.07) is 22.6. The highest BCUT2D eigenvalue weighted by Crippen LogP contribution is 2.29. The monoisotopic (exact) mass is 348 g/mol. The Morgan fingerprint density at radius 2 is 1.65 bits per heavy atom. The molecule has 2 N–H and O–H groups in total. The van der Waals surface area contributed by atoms with E-state index in [1.807, 2.05) is 60.7 Å². The molecule has 132 valence electrons. The fourth-order valence-electron chi connectivity index (χ4n) is 2.72. The number of carbonyl (C=O) groups is 1. The fraction of sp³-hybridized carbons (Fsp3) is 0.136. The average Bonchev–Trinajstić information content (AvgIpc) is 2.66. The summed E-state index contributed by atoms with van der Waals surface area (Å²) in [5.41, 5.74) is 3.70. The Balaban J connectivity index is 1.64. The highest BCUT2D eigenvalue weighted by molar-refractivity contribution is 5.70. The summed E-state index contributed by atoms with van der Waals surface area (Å²) in [5.74, 6) is 0.189. The van der Waals surface area contributed by atoms with Gasteiger partial charge in [0.25, 0.3) is 0 Å². The molecule has 0 aliphatic carbocycles. The number of aromatic hydroxyl groups is 1. The number of ether oxygens (including phenoxy) is 1. The molecule has 0 heterocycles. The lowest BCUT2D eigenvalue weighted by Crippen LogP contribution is -1.98. The molecule has 0 bridgehead atoms. The van der Waals surface area contributed by atoms with Gasteiger partial charge in [-0.1, -0.05) is 48.5 Å². The fourth-order valence-corrected chi connectivity index (χ4v) is 2.72. The van der Waals surface area contributed by atoms with Gasteiger partial charge < -0.3 is 14.9 Å². The van der Waals surface area contributed by atoms with Crippen LogP contribution in [-0.2, 0) is 17.8 Å². The SMILES string of the molecule is O=C(O)CCc1ccc(OCc2cccc(-c3ccccc3O)c2)cc1. The molecule has 3 aromatic carbocycles. The summed E-state index contributed by atoms with van der Waals surface area (Å²) >= 11 is 0. The van der Waals surface area contributed by atoms with E-state index in [9.17, 15) is 9.90 Å². The standard InChI is InChI=1S/C22H20O4/c23-21-7-2-1-6-20(21)18-5-3-4-17(14-18)15-26-19-11-8-16(9-12-19)10-13-22(24)25/h1-9,11-12,14,23H,10,13,15H2,(H,24,25). The van der Waals surface area contributed by atoms with E-state index in [2.05, 4.69) is 0 Å². The first-order valence-electron chi connectivity index (χ1n) is 8.42. The van der Waals surface area contributed by atoms with Gasteiger partial charge >= 0.3 is 5.97 Å². The smallest absolute Gasteiger partial charge is 0.303 e. The molecule has 0 spiro atoms. The van der Waals surface area contributed by atoms with Crippen LogP contribution in [0.25, 0.3) is 11.1 Å². The third kappa shape index (κ3) is 4.63. The summed E-state index contributed by atoms with van der Waals surface area (Å²) in [6.45, 7) is 0.413. The van der Waals surface area contributed by atoms with Gasteiger partial charge in [-0.15, -0.1) is 0 Å². The van der Waals surface area contributed by atoms with Crippen molar-refractivity contribution in [2.75, 3.05) is 0 Å². The molecule has 0 aliphatic heterocycles. The van der Waals surface area contributed by atoms with Crippen LogP contribution in [0.5, 0.6) is 11.5 Å². The third-order valence-corrected chi connectivity index (χ3v) is 4.10. The summed E-state index contributed by atoms with van der Waals surface area (Å²) < 4.78 is 5.81. The molecule has 0 amide bonds. The van der Waals surface area contributed by atoms with Crippen LogP contribution >= 0.6 is 0 Å². The maximum Gasteiger partial charge on any atom is 0.303 e. The van der Waals surface area contributed by atoms with Gasteiger partial charge in [0, 0.05) is 12.0 Å². The van der Waals surface area contributed by atoms with Crippen molar-refractivity contribution in [2.24, 2.45) is 0 Å². The van der Waals surface area contributed by atoms with Gasteiger partial charge in [0.1, 0.15) is 18.1 Å². The first-order valence-corrected chi connectivity index (χ1v) is 8.42. The molecule has 0 saturated carbocycles. The lowest BCUT2D eigenvalue weighted by Gasteiger charge is -2.10. The van der Waals surface area contributed by atoms with E-state index in [0.717, 1.165) is 28.0 Å². The number of aliphatic carboxylic acids is 1. The van der Waals surface area contributed by atoms with Gasteiger partial charge in [-0.05, 0) is 47.4 Å². The topological polar surface area (TPSA) is 66.8 Å². The number of rotatable bonds is 7. The van der Waals surface area contributed by atoms with Gasteiger partial charge in [0.05, 0.1) is 0 Å². The molecule has 0 saturated heterocycles. The maximum absolute atomic E-state index is 10.6. The van der Waals surface area contributed by atoms with Gasteiger partial charge in [-0.2, -0.15) is 0 Å². The third-order valence-electron chi connectivity index (χ3n) is 4.10. The van der Waals surface area contributed by atoms with Crippen LogP contribution in [0.2, 0.25) is 0 Å². The van der Waals surface area contributed by atoms with Gasteiger partial charge in [-0.3, -0.25) is 4.79 Å². The van der Waals surface area contributed by atoms with E-state index in [1.54, 1.807) is 12.1 Å². The van der Waals surface area contributed by atoms with Crippen LogP contribution in [0.15, 0.2) is 72.8 Å². The van der Waals surface area contributed by atoms with Crippen molar-refractivity contribution < 1.29 is 19.7 Å². The van der Waals surface area contributed by atoms with Crippen LogP contribution in [0.3, 0.4) is 0 Å². The Morgan fingerprint density at radius 3 is 2.38 bits per heavy atom. The van der Waals surface area contributed by atoms with Crippen LogP contribution in [0.4, 0.5) is 0 Å². The predicted molar refractivity (Wildman–Crippen MR) is 100 cm³/mol. The van der Waals surface area contributed by atoms with E-state index < -0.39 is 5.97 Å². The number of hydrogen-bond donors (Lipinski definition) is 2. The highest BCUT2D eigenvalue weighted by Gasteiger charge is 2.05. The van der Waals surface area contributed by atoms with E-state index in [4.69, 9.17) is 9.84 Å². The molecule has 4 heteroatoms. The minimum absolute atomic E-state index is 0.124. The zero-order valence-electron chi connectivity index (χ0n) is 14.3. The minimum atomic E-state index is -0.797. The molecule has 0 aliphatic rings. The van der Waals surface area contributed by atoms with E-state index in [-0.39, 0.29) is 12.2 Å². The maximum atomic E-state index is 10.6. The molecule has 3 aromatic rings. The lowest BCUT2D eigenvalue weighted by molar-refractivity contribution is -0.136. The predicted octanol–water partition coefficient (Wildman–Crippen LogP) is 4.66. The number of phenols is 1. The van der Waals surface area contributed by atoms with E-state index >= 15 is 0 Å². The molecule has 3 rings (SSSR count). The summed E-state index contributed by atoms with van der Waals surface area (Å²) in [6.07, 6.45) is 0.636. The first kappa shape index (κ1) is 17.5. The van der Waals surface area contributed by atoms with Gasteiger partial charge in [0.15, 0.2) is 0 Å². The Labute approximate surface area is 152 Å². The number of aryl methyl sites for hydroxylation is 1. The largest absolute Gasteiger partial charge is 0.507 e. The van der Waals surface area contributed by atoms with Gasteiger partial charge in [-0.25, -0.2) is 0 Å². The first-order chi connectivity index (χ1) is 12.6. The van der Waals surface area contributed by atoms with Crippen LogP contribution < -0.4 is 4.74 Å². The Bertz CT molecular complexity index is 885. The summed E-state index contributed by atoms with van der Waals surface area (Å²) in [7, 11) is 0. The van der Waals surface area contributed by atoms with E-state index in [0.29, 0.717) is 13.0 Å². The number of para-hydroxylation sites is 1. The summed E-state index contributed by atoms with van der Waals surface area (Å²) in [5, 5.41) is 18.7. The van der Waals surface area contributed by atoms with Crippen molar-refractivity contribution >= 4 is 5.97 Å². The highest BCUT2D eigenvalue weighted by atomic mass is 16.5. The molecule has 0 unspecified atom stereocenters. The van der Waals surface area contributed by atoms with E-state index in [1.165, 1.54) is 0 Å². The second-order valence-electron chi connectivity index (χ2n) is 6.04. The van der Waals surface area contributed by atoms with Gasteiger partial charge in [0.2, 0.25) is 0 Å². The minimum Gasteiger partial charge on any atom is -0.507 e. The van der Waals surface area contributed by atoms with Crippen molar-refractivity contribution in [3.8, 4) is 22.6 Å². The zero-order chi connectivity index (χ0) is 18.4. The lowest BCUT2D eigenvalue weighted by atomic mass is 10.0. The van der Waals surface area contributed by atoms with Crippen LogP contribution in [-0.4, -0.2) is 16.2 Å². The second-order valence-corrected chi connectivity index (χ2v) is 6.04. The van der Waals surface area contributed by atoms with Crippen LogP contribution in [0, 0.1) is 0 Å². The zero-order valence-corrected chi connectivity index (χ0v) is 14.3. The molecule has 0 atom stereocenters. The molecule has 0 radical (unpaired) electrons. The Hall–Kier alpha value is -3.27. The number of carboxylic acid groups (broad SMARTS) is 1. The molecular formula is C22H20O4. The van der Waals surface area contributed by atoms with Crippen molar-refractivity contribution in [1.29, 1.82) is 0 Å². The van der Waals surface area contributed by atoms with Crippen molar-refractivity contribution in [3.05, 3.63) is 83.9 Å². The molecule has 0 aromatic heterocycles. The normalized spacial score (nSPS) is 10.5. The summed E-state index contributed by atoms with van der Waals surface area (Å²) in [4.78, 5) is 10.6. The average molecular weight is 348 g/mol. The number of phenolic OH excluding ortho intramolecular Hbond substituents is 1. The van der Waals surface area contributed by atoms with Crippen molar-refractivity contribution in [1.82, 2.24) is 0 Å². The molecule has 4 nitrogen and oxygen atoms in total. The number of hydrogen-bond acceptors (Lipinski definition) is 3. The number of benzene rings is 3. The quantitative estimate of drug-likeness (QED) is 0.652. The van der Waals surface area contributed by atoms with Crippen molar-refractivity contribution in [3.63, 3.8) is 0 Å². The molecule has 26 heavy (non-hydrogen) atoms. The molecule has 0 fully saturated rings. The molecular weight excluding hydrogens is 328 g/mol. The second kappa shape index (κ2) is 8.21. The van der Waals surface area contributed by atoms with Crippen LogP contribution in [0.1, 0.15) is 17.5 Å². The number of carboxylic acids is 1. The Kier molecular flexibility index (Phi) is 5.54. The Morgan fingerprint density at radius 1 is 0.885 bits per heavy atom.